The highest BCUT2D eigenvalue weighted by atomic mass is 16.2. The van der Waals surface area contributed by atoms with Crippen LogP contribution in [0, 0.1) is 0 Å². The Kier molecular flexibility index (Phi) is 6.21. The molecule has 2 rings (SSSR count). The smallest absolute Gasteiger partial charge is 0.223 e. The van der Waals surface area contributed by atoms with Crippen LogP contribution in [0.15, 0.2) is 30.3 Å². The van der Waals surface area contributed by atoms with E-state index in [1.54, 1.807) is 4.90 Å². The average molecular weight is 289 g/mol. The Hall–Kier alpha value is -1.39. The number of piperidine rings is 1. The van der Waals surface area contributed by atoms with Crippen LogP contribution in [0.1, 0.15) is 24.8 Å². The van der Waals surface area contributed by atoms with Crippen LogP contribution in [0.4, 0.5) is 0 Å². The van der Waals surface area contributed by atoms with Crippen molar-refractivity contribution in [2.75, 3.05) is 33.7 Å². The van der Waals surface area contributed by atoms with Gasteiger partial charge in [-0.15, -0.1) is 0 Å². The summed E-state index contributed by atoms with van der Waals surface area (Å²) in [6.45, 7) is 4.05. The van der Waals surface area contributed by atoms with E-state index in [-0.39, 0.29) is 5.91 Å². The summed E-state index contributed by atoms with van der Waals surface area (Å²) in [7, 11) is 3.62. The lowest BCUT2D eigenvalue weighted by atomic mass is 10.0. The highest BCUT2D eigenvalue weighted by molar-refractivity contribution is 5.75. The van der Waals surface area contributed by atoms with Gasteiger partial charge in [-0.25, -0.2) is 0 Å². The van der Waals surface area contributed by atoms with Crippen LogP contribution < -0.4 is 5.32 Å². The van der Waals surface area contributed by atoms with Gasteiger partial charge < -0.3 is 10.2 Å². The maximum atomic E-state index is 11.6. The molecule has 21 heavy (non-hydrogen) atoms. The molecule has 0 radical (unpaired) electrons. The summed E-state index contributed by atoms with van der Waals surface area (Å²) in [5.74, 6) is 0.194. The van der Waals surface area contributed by atoms with Gasteiger partial charge in [0, 0.05) is 46.2 Å². The number of nitrogens with one attached hydrogen (secondary N) is 1. The Morgan fingerprint density at radius 3 is 2.81 bits per heavy atom. The summed E-state index contributed by atoms with van der Waals surface area (Å²) in [5.41, 5.74) is 1.38. The maximum absolute atomic E-state index is 11.6. The third kappa shape index (κ3) is 5.48. The first-order valence-corrected chi connectivity index (χ1v) is 7.85. The molecule has 0 spiro atoms. The van der Waals surface area contributed by atoms with Crippen molar-refractivity contribution in [2.45, 2.75) is 31.8 Å². The molecule has 1 amide bonds. The molecule has 1 unspecified atom stereocenters. The third-order valence-corrected chi connectivity index (χ3v) is 4.03. The number of hydrogen-bond donors (Lipinski definition) is 1. The van der Waals surface area contributed by atoms with Crippen LogP contribution >= 0.6 is 0 Å². The zero-order valence-corrected chi connectivity index (χ0v) is 13.2. The zero-order chi connectivity index (χ0) is 15.1. The monoisotopic (exact) mass is 289 g/mol. The van der Waals surface area contributed by atoms with Crippen molar-refractivity contribution < 1.29 is 4.79 Å². The van der Waals surface area contributed by atoms with Gasteiger partial charge in [0.1, 0.15) is 0 Å². The van der Waals surface area contributed by atoms with E-state index < -0.39 is 0 Å². The van der Waals surface area contributed by atoms with E-state index in [0.29, 0.717) is 12.5 Å². The van der Waals surface area contributed by atoms with Crippen molar-refractivity contribution in [3.8, 4) is 0 Å². The van der Waals surface area contributed by atoms with E-state index >= 15 is 0 Å². The normalized spacial score (nSPS) is 19.4. The molecule has 1 heterocycles. The predicted octanol–water partition coefficient (Wildman–Crippen LogP) is 1.72. The molecule has 0 aromatic heterocycles. The highest BCUT2D eigenvalue weighted by Crippen LogP contribution is 2.13. The summed E-state index contributed by atoms with van der Waals surface area (Å²) < 4.78 is 0. The van der Waals surface area contributed by atoms with Gasteiger partial charge in [-0.2, -0.15) is 0 Å². The van der Waals surface area contributed by atoms with Crippen molar-refractivity contribution in [3.63, 3.8) is 0 Å². The molecule has 116 valence electrons. The minimum absolute atomic E-state index is 0.194. The standard InChI is InChI=1S/C17H27N3O/c1-19(2)17(21)10-11-18-16-9-6-12-20(14-16)13-15-7-4-3-5-8-15/h3-5,7-8,16,18H,6,9-14H2,1-2H3. The van der Waals surface area contributed by atoms with Gasteiger partial charge >= 0.3 is 0 Å². The van der Waals surface area contributed by atoms with Crippen molar-refractivity contribution in [3.05, 3.63) is 35.9 Å². The summed E-state index contributed by atoms with van der Waals surface area (Å²) in [6, 6.07) is 11.1. The van der Waals surface area contributed by atoms with E-state index in [4.69, 9.17) is 0 Å². The van der Waals surface area contributed by atoms with E-state index in [0.717, 1.165) is 19.6 Å². The highest BCUT2D eigenvalue weighted by Gasteiger charge is 2.19. The summed E-state index contributed by atoms with van der Waals surface area (Å²) in [4.78, 5) is 15.7. The zero-order valence-electron chi connectivity index (χ0n) is 13.2. The molecule has 4 heteroatoms. The fourth-order valence-electron chi connectivity index (χ4n) is 2.81. The molecule has 0 saturated carbocycles. The van der Waals surface area contributed by atoms with Gasteiger partial charge in [-0.3, -0.25) is 9.69 Å². The first-order valence-electron chi connectivity index (χ1n) is 7.85. The molecule has 0 bridgehead atoms. The quantitative estimate of drug-likeness (QED) is 0.866. The Labute approximate surface area is 128 Å². The minimum atomic E-state index is 0.194. The third-order valence-electron chi connectivity index (χ3n) is 4.03. The lowest BCUT2D eigenvalue weighted by Gasteiger charge is -2.33. The second kappa shape index (κ2) is 8.15. The maximum Gasteiger partial charge on any atom is 0.223 e. The molecule has 0 aliphatic carbocycles. The van der Waals surface area contributed by atoms with Crippen LogP contribution in [0.25, 0.3) is 0 Å². The fraction of sp³-hybridized carbons (Fsp3) is 0.588. The van der Waals surface area contributed by atoms with E-state index in [1.807, 2.05) is 14.1 Å². The molecular weight excluding hydrogens is 262 g/mol. The van der Waals surface area contributed by atoms with Crippen LogP contribution in [0.3, 0.4) is 0 Å². The molecule has 1 aromatic carbocycles. The number of nitrogens with zero attached hydrogens (tertiary/aromatic N) is 2. The van der Waals surface area contributed by atoms with Crippen molar-refractivity contribution in [1.82, 2.24) is 15.1 Å². The molecule has 1 aliphatic heterocycles. The number of carbonyl (C=O) groups is 1. The molecule has 1 N–H and O–H groups in total. The number of hydrogen-bond acceptors (Lipinski definition) is 3. The largest absolute Gasteiger partial charge is 0.349 e. The number of benzene rings is 1. The molecule has 1 atom stereocenters. The van der Waals surface area contributed by atoms with Crippen LogP contribution in [0.5, 0.6) is 0 Å². The Bertz CT molecular complexity index is 433. The van der Waals surface area contributed by atoms with Gasteiger partial charge in [-0.05, 0) is 24.9 Å². The van der Waals surface area contributed by atoms with Gasteiger partial charge in [0.25, 0.3) is 0 Å². The second-order valence-corrected chi connectivity index (χ2v) is 6.05. The van der Waals surface area contributed by atoms with Crippen molar-refractivity contribution >= 4 is 5.91 Å². The number of carbonyl (C=O) groups excluding carboxylic acids is 1. The van der Waals surface area contributed by atoms with Crippen LogP contribution in [-0.2, 0) is 11.3 Å². The Morgan fingerprint density at radius 2 is 2.10 bits per heavy atom. The Balaban J connectivity index is 1.72. The molecule has 1 aliphatic rings. The molecule has 1 saturated heterocycles. The van der Waals surface area contributed by atoms with Crippen molar-refractivity contribution in [2.24, 2.45) is 0 Å². The van der Waals surface area contributed by atoms with E-state index in [2.05, 4.69) is 40.5 Å². The summed E-state index contributed by atoms with van der Waals surface area (Å²) in [6.07, 6.45) is 3.02. The van der Waals surface area contributed by atoms with Gasteiger partial charge in [0.2, 0.25) is 5.91 Å². The number of rotatable bonds is 6. The van der Waals surface area contributed by atoms with Crippen LogP contribution in [-0.4, -0.2) is 55.5 Å². The first kappa shape index (κ1) is 16.0. The first-order chi connectivity index (χ1) is 10.1. The average Bonchev–Trinajstić information content (AvgIpc) is 2.48. The Morgan fingerprint density at radius 1 is 1.33 bits per heavy atom. The van der Waals surface area contributed by atoms with Crippen LogP contribution in [0.2, 0.25) is 0 Å². The molecule has 1 fully saturated rings. The molecule has 1 aromatic rings. The van der Waals surface area contributed by atoms with Crippen molar-refractivity contribution in [1.29, 1.82) is 0 Å². The summed E-state index contributed by atoms with van der Waals surface area (Å²) in [5, 5.41) is 3.53. The number of likely N-dealkylation sites (tertiary alicyclic amines) is 1. The van der Waals surface area contributed by atoms with E-state index in [1.165, 1.54) is 24.9 Å². The predicted molar refractivity (Wildman–Crippen MR) is 86.1 cm³/mol. The van der Waals surface area contributed by atoms with Gasteiger partial charge in [0.05, 0.1) is 0 Å². The van der Waals surface area contributed by atoms with Gasteiger partial charge in [-0.1, -0.05) is 30.3 Å². The minimum Gasteiger partial charge on any atom is -0.349 e. The summed E-state index contributed by atoms with van der Waals surface area (Å²) >= 11 is 0. The van der Waals surface area contributed by atoms with E-state index in [9.17, 15) is 4.79 Å². The topological polar surface area (TPSA) is 35.6 Å². The second-order valence-electron chi connectivity index (χ2n) is 6.05. The molecule has 4 nitrogen and oxygen atoms in total. The SMILES string of the molecule is CN(C)C(=O)CCNC1CCCN(Cc2ccccc2)C1. The molecular formula is C17H27N3O. The number of amides is 1. The fourth-order valence-corrected chi connectivity index (χ4v) is 2.81. The lowest BCUT2D eigenvalue weighted by molar-refractivity contribution is -0.128. The van der Waals surface area contributed by atoms with Gasteiger partial charge in [0.15, 0.2) is 0 Å². The lowest BCUT2D eigenvalue weighted by Crippen LogP contribution is -2.46.